The smallest absolute Gasteiger partial charge is 1.00 e. The number of fused-ring (bicyclic) bond motifs is 2. The second-order valence-corrected chi connectivity index (χ2v) is 9.71. The predicted molar refractivity (Wildman–Crippen MR) is 89.5 cm³/mol. The fourth-order valence-corrected chi connectivity index (χ4v) is 7.45. The molecule has 0 saturated heterocycles. The Balaban J connectivity index is 0.00000113. The van der Waals surface area contributed by atoms with Crippen molar-refractivity contribution in [2.45, 2.75) is 7.25 Å². The molecule has 128 valence electrons. The molecule has 25 heavy (non-hydrogen) atoms. The molecule has 2 aromatic carbocycles. The zero-order valence-corrected chi connectivity index (χ0v) is 18.0. The summed E-state index contributed by atoms with van der Waals surface area (Å²) in [6.45, 7) is 0. The third kappa shape index (κ3) is 3.89. The molecule has 2 nitrogen and oxygen atoms in total. The van der Waals surface area contributed by atoms with E-state index in [-0.39, 0.29) is 24.8 Å². The van der Waals surface area contributed by atoms with E-state index in [0.717, 1.165) is 11.5 Å². The van der Waals surface area contributed by atoms with Gasteiger partial charge < -0.3 is 24.8 Å². The van der Waals surface area contributed by atoms with Gasteiger partial charge in [-0.2, -0.15) is 0 Å². The number of methoxy groups -OCH3 is 2. The largest absolute Gasteiger partial charge is 1.00 e. The van der Waals surface area contributed by atoms with E-state index in [1.807, 2.05) is 0 Å². The molecular formula is C20H18Cl2O2Zr. The van der Waals surface area contributed by atoms with Crippen LogP contribution in [0.4, 0.5) is 0 Å². The van der Waals surface area contributed by atoms with Gasteiger partial charge in [0.15, 0.2) is 0 Å². The van der Waals surface area contributed by atoms with Crippen molar-refractivity contribution < 1.29 is 57.5 Å². The van der Waals surface area contributed by atoms with Gasteiger partial charge >= 0.3 is 149 Å². The van der Waals surface area contributed by atoms with Gasteiger partial charge in [0.1, 0.15) is 0 Å². The summed E-state index contributed by atoms with van der Waals surface area (Å²) >= 11 is -0.670. The van der Waals surface area contributed by atoms with Crippen molar-refractivity contribution in [3.05, 3.63) is 70.8 Å². The molecule has 2 aliphatic carbocycles. The number of hydrogen-bond donors (Lipinski definition) is 0. The van der Waals surface area contributed by atoms with Crippen molar-refractivity contribution in [1.29, 1.82) is 0 Å². The van der Waals surface area contributed by atoms with Crippen LogP contribution in [0.3, 0.4) is 0 Å². The molecule has 0 N–H and O–H groups in total. The van der Waals surface area contributed by atoms with Crippen molar-refractivity contribution in [2.75, 3.05) is 14.2 Å². The van der Waals surface area contributed by atoms with Gasteiger partial charge in [-0.3, -0.25) is 0 Å². The average molecular weight is 452 g/mol. The molecule has 2 unspecified atom stereocenters. The molecule has 4 rings (SSSR count). The van der Waals surface area contributed by atoms with Gasteiger partial charge in [-0.25, -0.2) is 0 Å². The first-order valence-electron chi connectivity index (χ1n) is 7.77. The van der Waals surface area contributed by atoms with Crippen LogP contribution >= 0.6 is 0 Å². The summed E-state index contributed by atoms with van der Waals surface area (Å²) in [5, 5.41) is 0. The number of halogens is 2. The summed E-state index contributed by atoms with van der Waals surface area (Å²) in [4.78, 5) is 0. The Morgan fingerprint density at radius 2 is 1.16 bits per heavy atom. The standard InChI is InChI=1S/2C10H9O.2ClH.Zr/c2*1-11-10-6-5-8-3-2-4-9(8)7-10;;;/h2*2-7H,1H3;2*1H;/q;;;;+2/p-2. The van der Waals surface area contributed by atoms with Crippen LogP contribution in [0.25, 0.3) is 12.2 Å². The molecule has 0 fully saturated rings. The maximum atomic E-state index is 5.33. The molecule has 0 amide bonds. The summed E-state index contributed by atoms with van der Waals surface area (Å²) in [5.74, 6) is 1.88. The van der Waals surface area contributed by atoms with Gasteiger partial charge in [-0.15, -0.1) is 0 Å². The molecule has 5 heteroatoms. The van der Waals surface area contributed by atoms with Crippen molar-refractivity contribution in [3.8, 4) is 11.5 Å². The molecule has 0 bridgehead atoms. The Hall–Kier alpha value is -1.02. The van der Waals surface area contributed by atoms with E-state index < -0.39 is 23.2 Å². The Morgan fingerprint density at radius 1 is 0.720 bits per heavy atom. The first-order chi connectivity index (χ1) is 11.3. The van der Waals surface area contributed by atoms with E-state index in [0.29, 0.717) is 7.25 Å². The fraction of sp³-hybridized carbons (Fsp3) is 0.200. The van der Waals surface area contributed by atoms with E-state index in [4.69, 9.17) is 9.47 Å². The molecule has 0 saturated carbocycles. The van der Waals surface area contributed by atoms with Crippen LogP contribution in [0, 0.1) is 0 Å². The fourth-order valence-electron chi connectivity index (χ4n) is 3.31. The minimum atomic E-state index is -0.670. The predicted octanol–water partition coefficient (Wildman–Crippen LogP) is -1.37. The Kier molecular flexibility index (Phi) is 6.96. The average Bonchev–Trinajstić information content (AvgIpc) is 3.18. The number of allylic oxidation sites excluding steroid dienone is 2. The van der Waals surface area contributed by atoms with Crippen molar-refractivity contribution >= 4 is 12.2 Å². The molecule has 0 aliphatic heterocycles. The summed E-state index contributed by atoms with van der Waals surface area (Å²) in [7, 11) is 3.45. The minimum Gasteiger partial charge on any atom is -1.00 e. The van der Waals surface area contributed by atoms with Gasteiger partial charge in [0, 0.05) is 0 Å². The van der Waals surface area contributed by atoms with Crippen LogP contribution in [-0.2, 0) is 23.2 Å². The molecule has 2 atom stereocenters. The minimum absolute atomic E-state index is 0. The summed E-state index contributed by atoms with van der Waals surface area (Å²) in [5.41, 5.74) is 5.61. The molecule has 0 radical (unpaired) electrons. The molecule has 2 aliphatic rings. The normalized spacial score (nSPS) is 18.5. The molecular weight excluding hydrogens is 434 g/mol. The maximum Gasteiger partial charge on any atom is -1.00 e. The zero-order valence-electron chi connectivity index (χ0n) is 14.0. The van der Waals surface area contributed by atoms with Crippen LogP contribution in [0.2, 0.25) is 0 Å². The van der Waals surface area contributed by atoms with Gasteiger partial charge in [0.25, 0.3) is 0 Å². The SMILES string of the molecule is COc1ccc2c(c1)C=C[CH]2[Zr+2][CH]1C=Cc2cc(OC)ccc21.[Cl-].[Cl-]. The molecule has 0 spiro atoms. The van der Waals surface area contributed by atoms with E-state index in [1.54, 1.807) is 14.2 Å². The molecule has 2 aromatic rings. The van der Waals surface area contributed by atoms with Gasteiger partial charge in [-0.05, 0) is 0 Å². The monoisotopic (exact) mass is 450 g/mol. The quantitative estimate of drug-likeness (QED) is 0.570. The Morgan fingerprint density at radius 3 is 1.56 bits per heavy atom. The topological polar surface area (TPSA) is 18.5 Å². The summed E-state index contributed by atoms with van der Waals surface area (Å²) in [6.07, 6.45) is 9.31. The second kappa shape index (κ2) is 8.58. The van der Waals surface area contributed by atoms with E-state index in [9.17, 15) is 0 Å². The van der Waals surface area contributed by atoms with Crippen LogP contribution in [0.15, 0.2) is 48.6 Å². The Labute approximate surface area is 172 Å². The first kappa shape index (κ1) is 20.3. The second-order valence-electron chi connectivity index (χ2n) is 5.83. The Bertz CT molecular complexity index is 750. The molecule has 0 heterocycles. The third-order valence-electron chi connectivity index (χ3n) is 4.55. The first-order valence-corrected chi connectivity index (χ1v) is 10.6. The van der Waals surface area contributed by atoms with E-state index >= 15 is 0 Å². The van der Waals surface area contributed by atoms with Crippen LogP contribution < -0.4 is 34.3 Å². The van der Waals surface area contributed by atoms with Gasteiger partial charge in [0.05, 0.1) is 0 Å². The number of ether oxygens (including phenoxy) is 2. The number of benzene rings is 2. The summed E-state index contributed by atoms with van der Waals surface area (Å²) < 4.78 is 11.9. The van der Waals surface area contributed by atoms with Crippen LogP contribution in [0.5, 0.6) is 11.5 Å². The number of hydrogen-bond acceptors (Lipinski definition) is 2. The maximum absolute atomic E-state index is 5.33. The van der Waals surface area contributed by atoms with Crippen LogP contribution in [-0.4, -0.2) is 14.2 Å². The van der Waals surface area contributed by atoms with Gasteiger partial charge in [-0.1, -0.05) is 0 Å². The zero-order chi connectivity index (χ0) is 15.8. The van der Waals surface area contributed by atoms with Crippen LogP contribution in [0.1, 0.15) is 29.5 Å². The van der Waals surface area contributed by atoms with E-state index in [1.165, 1.54) is 22.3 Å². The van der Waals surface area contributed by atoms with Crippen molar-refractivity contribution in [3.63, 3.8) is 0 Å². The third-order valence-corrected chi connectivity index (χ3v) is 8.79. The molecule has 0 aromatic heterocycles. The van der Waals surface area contributed by atoms with Crippen molar-refractivity contribution in [2.24, 2.45) is 0 Å². The van der Waals surface area contributed by atoms with Crippen molar-refractivity contribution in [1.82, 2.24) is 0 Å². The summed E-state index contributed by atoms with van der Waals surface area (Å²) in [6, 6.07) is 13.0. The number of rotatable bonds is 4. The van der Waals surface area contributed by atoms with Gasteiger partial charge in [0.2, 0.25) is 0 Å². The van der Waals surface area contributed by atoms with E-state index in [2.05, 4.69) is 60.7 Å².